The minimum absolute atomic E-state index is 0.0212. The van der Waals surface area contributed by atoms with Crippen LogP contribution >= 0.6 is 11.3 Å². The van der Waals surface area contributed by atoms with Crippen molar-refractivity contribution in [2.75, 3.05) is 16.2 Å². The van der Waals surface area contributed by atoms with Crippen molar-refractivity contribution in [1.82, 2.24) is 9.88 Å². The van der Waals surface area contributed by atoms with E-state index >= 15 is 0 Å². The maximum atomic E-state index is 12.8. The van der Waals surface area contributed by atoms with E-state index in [2.05, 4.69) is 14.4 Å². The van der Waals surface area contributed by atoms with Gasteiger partial charge in [0.05, 0.1) is 5.69 Å². The summed E-state index contributed by atoms with van der Waals surface area (Å²) in [6.07, 6.45) is -3.50. The van der Waals surface area contributed by atoms with Gasteiger partial charge < -0.3 is 9.64 Å². The second-order valence-corrected chi connectivity index (χ2v) is 9.85. The van der Waals surface area contributed by atoms with Crippen LogP contribution < -0.4 is 14.4 Å². The molecule has 178 valence electrons. The summed E-state index contributed by atoms with van der Waals surface area (Å²) in [6.45, 7) is -0.287. The van der Waals surface area contributed by atoms with Crippen molar-refractivity contribution < 1.29 is 35.9 Å². The fraction of sp³-hybridized carbons (Fsp3) is 0.150. The van der Waals surface area contributed by atoms with Crippen LogP contribution in [0.3, 0.4) is 0 Å². The minimum Gasteiger partial charge on any atom is -0.406 e. The third kappa shape index (κ3) is 5.28. The first kappa shape index (κ1) is 23.5. The molecule has 0 unspecified atom stereocenters. The number of urea groups is 1. The topological polar surface area (TPSA) is 109 Å². The first-order valence-electron chi connectivity index (χ1n) is 9.51. The Morgan fingerprint density at radius 2 is 1.85 bits per heavy atom. The monoisotopic (exact) mass is 512 g/mol. The van der Waals surface area contributed by atoms with Gasteiger partial charge in [0.1, 0.15) is 22.3 Å². The van der Waals surface area contributed by atoms with Crippen LogP contribution in [0.5, 0.6) is 5.75 Å². The molecule has 34 heavy (non-hydrogen) atoms. The number of hydrogen-bond acceptors (Lipinski definition) is 7. The largest absolute Gasteiger partial charge is 0.573 e. The number of pyridine rings is 1. The summed E-state index contributed by atoms with van der Waals surface area (Å²) in [6, 6.07) is 9.72. The molecule has 0 atom stereocenters. The molecule has 1 N–H and O–H groups in total. The van der Waals surface area contributed by atoms with Crippen LogP contribution in [0.2, 0.25) is 0 Å². The molecule has 0 aliphatic carbocycles. The molecule has 4 rings (SSSR count). The minimum atomic E-state index is -4.86. The van der Waals surface area contributed by atoms with Crippen molar-refractivity contribution in [3.8, 4) is 5.75 Å². The molecule has 14 heteroatoms. The van der Waals surface area contributed by atoms with Crippen molar-refractivity contribution in [3.63, 3.8) is 0 Å². The van der Waals surface area contributed by atoms with Gasteiger partial charge in [0, 0.05) is 12.7 Å². The van der Waals surface area contributed by atoms with E-state index in [1.807, 2.05) is 0 Å². The van der Waals surface area contributed by atoms with Gasteiger partial charge in [0.25, 0.3) is 15.9 Å². The molecule has 0 spiro atoms. The maximum absolute atomic E-state index is 12.8. The summed E-state index contributed by atoms with van der Waals surface area (Å²) in [4.78, 5) is 31.3. The molecule has 1 aliphatic heterocycles. The number of aromatic nitrogens is 1. The molecule has 3 aromatic rings. The van der Waals surface area contributed by atoms with Crippen LogP contribution in [-0.4, -0.2) is 43.1 Å². The van der Waals surface area contributed by atoms with E-state index in [0.717, 1.165) is 28.4 Å². The van der Waals surface area contributed by atoms with E-state index in [9.17, 15) is 31.2 Å². The summed E-state index contributed by atoms with van der Waals surface area (Å²) in [5, 5.41) is 1.62. The summed E-state index contributed by atoms with van der Waals surface area (Å²) in [5.41, 5.74) is 0.599. The Morgan fingerprint density at radius 1 is 1.12 bits per heavy atom. The number of carbonyl (C=O) groups excluding carboxylic acids is 2. The van der Waals surface area contributed by atoms with Crippen LogP contribution in [0.25, 0.3) is 0 Å². The molecule has 1 aliphatic rings. The van der Waals surface area contributed by atoms with Crippen molar-refractivity contribution in [2.24, 2.45) is 0 Å². The third-order valence-electron chi connectivity index (χ3n) is 4.56. The lowest BCUT2D eigenvalue weighted by atomic mass is 10.2. The van der Waals surface area contributed by atoms with Gasteiger partial charge in [-0.2, -0.15) is 0 Å². The normalized spacial score (nSPS) is 14.6. The number of halogens is 3. The number of ether oxygens (including phenoxy) is 1. The summed E-state index contributed by atoms with van der Waals surface area (Å²) >= 11 is 1.04. The van der Waals surface area contributed by atoms with Crippen LogP contribution in [0.1, 0.15) is 5.56 Å². The highest BCUT2D eigenvalue weighted by atomic mass is 32.2. The smallest absolute Gasteiger partial charge is 0.406 e. The lowest BCUT2D eigenvalue weighted by Gasteiger charge is -2.18. The zero-order valence-corrected chi connectivity index (χ0v) is 18.7. The van der Waals surface area contributed by atoms with E-state index in [-0.39, 0.29) is 28.8 Å². The first-order chi connectivity index (χ1) is 16.0. The van der Waals surface area contributed by atoms with E-state index in [1.54, 1.807) is 17.5 Å². The van der Waals surface area contributed by atoms with Crippen LogP contribution in [-0.2, 0) is 21.4 Å². The Labute approximate surface area is 195 Å². The molecule has 2 aromatic heterocycles. The van der Waals surface area contributed by atoms with Gasteiger partial charge in [-0.05, 0) is 53.4 Å². The summed E-state index contributed by atoms with van der Waals surface area (Å²) in [7, 11) is -3.81. The fourth-order valence-electron chi connectivity index (χ4n) is 3.18. The van der Waals surface area contributed by atoms with E-state index in [1.165, 1.54) is 35.4 Å². The second kappa shape index (κ2) is 8.95. The Bertz CT molecular complexity index is 1310. The van der Waals surface area contributed by atoms with E-state index in [0.29, 0.717) is 5.56 Å². The predicted molar refractivity (Wildman–Crippen MR) is 116 cm³/mol. The first-order valence-corrected chi connectivity index (χ1v) is 11.9. The number of alkyl halides is 3. The zero-order chi connectivity index (χ0) is 24.5. The van der Waals surface area contributed by atoms with E-state index in [4.69, 9.17) is 0 Å². The van der Waals surface area contributed by atoms with Crippen LogP contribution in [0, 0.1) is 0 Å². The van der Waals surface area contributed by atoms with Gasteiger partial charge in [-0.1, -0.05) is 6.07 Å². The van der Waals surface area contributed by atoms with Crippen LogP contribution in [0.15, 0.2) is 64.3 Å². The van der Waals surface area contributed by atoms with Gasteiger partial charge in [-0.3, -0.25) is 9.52 Å². The van der Waals surface area contributed by atoms with E-state index < -0.39 is 34.1 Å². The molecule has 1 aromatic carbocycles. The van der Waals surface area contributed by atoms with Gasteiger partial charge in [-0.25, -0.2) is 23.1 Å². The number of hydrogen-bond donors (Lipinski definition) is 1. The van der Waals surface area contributed by atoms with Crippen molar-refractivity contribution >= 4 is 44.8 Å². The molecule has 3 amide bonds. The summed E-state index contributed by atoms with van der Waals surface area (Å²) in [5.74, 6) is -1.01. The molecule has 1 fully saturated rings. The molecular weight excluding hydrogens is 497 g/mol. The average molecular weight is 512 g/mol. The van der Waals surface area contributed by atoms with Crippen LogP contribution in [0.4, 0.5) is 29.5 Å². The zero-order valence-electron chi connectivity index (χ0n) is 17.0. The highest BCUT2D eigenvalue weighted by molar-refractivity contribution is 7.94. The standard InChI is InChI=1S/C20H15F3N4O5S2/c21-20(22,23)32-15-5-3-14(4-6-15)27-17(28)12-26(19(27)29)11-13-7-8-24-16(10-13)25-34(30,31)18-2-1-9-33-18/h1-10H,11-12H2,(H,24,25). The molecule has 0 saturated carbocycles. The number of carbonyl (C=O) groups is 2. The number of sulfonamides is 1. The van der Waals surface area contributed by atoms with Gasteiger partial charge in [-0.15, -0.1) is 24.5 Å². The average Bonchev–Trinajstić information content (AvgIpc) is 3.37. The number of rotatable bonds is 7. The molecule has 1 saturated heterocycles. The van der Waals surface area contributed by atoms with Gasteiger partial charge in [0.2, 0.25) is 0 Å². The number of amides is 3. The highest BCUT2D eigenvalue weighted by Crippen LogP contribution is 2.28. The second-order valence-electron chi connectivity index (χ2n) is 7.00. The number of nitrogens with one attached hydrogen (secondary N) is 1. The Morgan fingerprint density at radius 3 is 2.50 bits per heavy atom. The quantitative estimate of drug-likeness (QED) is 0.483. The number of nitrogens with zero attached hydrogens (tertiary/aromatic N) is 3. The number of benzene rings is 1. The molecular formula is C20H15F3N4O5S2. The molecule has 0 radical (unpaired) electrons. The Balaban J connectivity index is 1.46. The van der Waals surface area contributed by atoms with Crippen molar-refractivity contribution in [3.05, 3.63) is 65.7 Å². The Hall–Kier alpha value is -3.65. The Kier molecular flexibility index (Phi) is 6.18. The lowest BCUT2D eigenvalue weighted by Crippen LogP contribution is -2.32. The molecule has 9 nitrogen and oxygen atoms in total. The summed E-state index contributed by atoms with van der Waals surface area (Å²) < 4.78 is 68.0. The SMILES string of the molecule is O=C1CN(Cc2ccnc(NS(=O)(=O)c3cccs3)c2)C(=O)N1c1ccc(OC(F)(F)F)cc1. The van der Waals surface area contributed by atoms with Crippen molar-refractivity contribution in [2.45, 2.75) is 17.1 Å². The van der Waals surface area contributed by atoms with Gasteiger partial charge in [0.15, 0.2) is 0 Å². The molecule has 0 bridgehead atoms. The molecule has 3 heterocycles. The number of anilines is 2. The fourth-order valence-corrected chi connectivity index (χ4v) is 5.17. The highest BCUT2D eigenvalue weighted by Gasteiger charge is 2.37. The van der Waals surface area contributed by atoms with Gasteiger partial charge >= 0.3 is 12.4 Å². The maximum Gasteiger partial charge on any atom is 0.573 e. The van der Waals surface area contributed by atoms with Crippen molar-refractivity contribution in [1.29, 1.82) is 0 Å². The number of thiophene rings is 1. The number of imide groups is 1. The third-order valence-corrected chi connectivity index (χ3v) is 7.31. The lowest BCUT2D eigenvalue weighted by molar-refractivity contribution is -0.274. The predicted octanol–water partition coefficient (Wildman–Crippen LogP) is 3.81.